The van der Waals surface area contributed by atoms with Gasteiger partial charge in [0.15, 0.2) is 0 Å². The van der Waals surface area contributed by atoms with Crippen LogP contribution >= 0.6 is 0 Å². The minimum absolute atomic E-state index is 0. The van der Waals surface area contributed by atoms with Crippen LogP contribution in [0.4, 0.5) is 0 Å². The molecule has 16 heavy (non-hydrogen) atoms. The average Bonchev–Trinajstić information content (AvgIpc) is 2.14. The summed E-state index contributed by atoms with van der Waals surface area (Å²) in [5.74, 6) is -0.179. The molecule has 1 rings (SSSR count). The molecule has 0 aromatic heterocycles. The van der Waals surface area contributed by atoms with Crippen molar-refractivity contribution in [3.8, 4) is 5.75 Å². The van der Waals surface area contributed by atoms with E-state index >= 15 is 0 Å². The summed E-state index contributed by atoms with van der Waals surface area (Å²) in [7, 11) is 0. The predicted octanol–water partition coefficient (Wildman–Crippen LogP) is -1.75. The number of ether oxygens (including phenoxy) is 1. The summed E-state index contributed by atoms with van der Waals surface area (Å²) in [6.07, 6.45) is 0. The Morgan fingerprint density at radius 1 is 1.44 bits per heavy atom. The van der Waals surface area contributed by atoms with E-state index in [4.69, 9.17) is 4.74 Å². The van der Waals surface area contributed by atoms with Crippen LogP contribution in [0.15, 0.2) is 18.2 Å². The molecule has 0 radical (unpaired) electrons. The Balaban J connectivity index is 0.00000225. The van der Waals surface area contributed by atoms with E-state index in [-0.39, 0.29) is 18.9 Å². The van der Waals surface area contributed by atoms with Gasteiger partial charge in [-0.3, -0.25) is 0 Å². The van der Waals surface area contributed by atoms with Crippen molar-refractivity contribution in [1.29, 1.82) is 0 Å². The van der Waals surface area contributed by atoms with Crippen molar-refractivity contribution in [1.82, 2.24) is 0 Å². The van der Waals surface area contributed by atoms with Crippen molar-refractivity contribution < 1.29 is 33.5 Å². The van der Waals surface area contributed by atoms with Crippen LogP contribution in [0, 0.1) is 6.92 Å². The van der Waals surface area contributed by atoms with Crippen molar-refractivity contribution in [3.05, 3.63) is 29.3 Å². The van der Waals surface area contributed by atoms with Gasteiger partial charge in [0.1, 0.15) is 12.4 Å². The molecule has 0 heterocycles. The van der Waals surface area contributed by atoms with Crippen molar-refractivity contribution in [3.63, 3.8) is 0 Å². The molecule has 0 aliphatic rings. The minimum atomic E-state index is -1.21. The van der Waals surface area contributed by atoms with Gasteiger partial charge in [-0.25, -0.2) is 0 Å². The van der Waals surface area contributed by atoms with Gasteiger partial charge in [-0.2, -0.15) is 0 Å². The summed E-state index contributed by atoms with van der Waals surface area (Å²) in [4.78, 5) is 10.2. The average molecular weight is 214 g/mol. The topological polar surface area (TPSA) is 49.4 Å². The number of hydrogen-bond donors (Lipinski definition) is 0. The Morgan fingerprint density at radius 2 is 2.06 bits per heavy atom. The van der Waals surface area contributed by atoms with E-state index in [1.165, 1.54) is 5.56 Å². The van der Waals surface area contributed by atoms with Crippen LogP contribution in [0.2, 0.25) is 0 Å². The second-order valence-electron chi connectivity index (χ2n) is 3.83. The van der Waals surface area contributed by atoms with Gasteiger partial charge < -0.3 is 14.6 Å². The van der Waals surface area contributed by atoms with Gasteiger partial charge in [0.25, 0.3) is 0 Å². The quantitative estimate of drug-likeness (QED) is 0.558. The van der Waals surface area contributed by atoms with E-state index in [1.54, 1.807) is 6.07 Å². The molecule has 3 nitrogen and oxygen atoms in total. The molecule has 82 valence electrons. The third-order valence-corrected chi connectivity index (χ3v) is 2.22. The van der Waals surface area contributed by atoms with E-state index in [0.717, 1.165) is 5.56 Å². The summed E-state index contributed by atoms with van der Waals surface area (Å²) >= 11 is 0. The molecular weight excluding hydrogens is 199 g/mol. The molecule has 0 aliphatic carbocycles. The van der Waals surface area contributed by atoms with Crippen LogP contribution in [0.25, 0.3) is 0 Å². The summed E-state index contributed by atoms with van der Waals surface area (Å²) in [5.41, 5.74) is 2.36. The van der Waals surface area contributed by atoms with Crippen LogP contribution in [0.5, 0.6) is 5.75 Å². The van der Waals surface area contributed by atoms with Crippen LogP contribution in [-0.2, 0) is 4.79 Å². The van der Waals surface area contributed by atoms with Gasteiger partial charge in [0, 0.05) is 0 Å². The van der Waals surface area contributed by atoms with Crippen molar-refractivity contribution in [2.75, 3.05) is 6.61 Å². The zero-order valence-electron chi connectivity index (χ0n) is 10.2. The molecule has 0 aliphatic heterocycles. The zero-order chi connectivity index (χ0) is 11.4. The molecule has 0 saturated carbocycles. The maximum atomic E-state index is 10.2. The second kappa shape index (κ2) is 6.62. The van der Waals surface area contributed by atoms with Crippen molar-refractivity contribution in [2.24, 2.45) is 0 Å². The Kier molecular flexibility index (Phi) is 6.25. The minimum Gasteiger partial charge on any atom is -0.546 e. The fourth-order valence-corrected chi connectivity index (χ4v) is 1.53. The van der Waals surface area contributed by atoms with Crippen molar-refractivity contribution >= 4 is 5.97 Å². The molecule has 0 amide bonds. The van der Waals surface area contributed by atoms with E-state index < -0.39 is 12.6 Å². The van der Waals surface area contributed by atoms with Gasteiger partial charge >= 0.3 is 18.9 Å². The largest absolute Gasteiger partial charge is 1.00 e. The first-order valence-electron chi connectivity index (χ1n) is 4.94. The van der Waals surface area contributed by atoms with Crippen LogP contribution < -0.4 is 28.7 Å². The number of hydrogen-bond acceptors (Lipinski definition) is 3. The SMILES string of the molecule is Cc1cc(OCC(=O)[O-])ccc1C(C)C.[Li+]. The van der Waals surface area contributed by atoms with E-state index in [0.29, 0.717) is 11.7 Å². The van der Waals surface area contributed by atoms with E-state index in [1.807, 2.05) is 19.1 Å². The smallest absolute Gasteiger partial charge is 0.546 e. The van der Waals surface area contributed by atoms with Crippen molar-refractivity contribution in [2.45, 2.75) is 26.7 Å². The summed E-state index contributed by atoms with van der Waals surface area (Å²) in [6, 6.07) is 5.59. The van der Waals surface area contributed by atoms with E-state index in [9.17, 15) is 9.90 Å². The van der Waals surface area contributed by atoms with Gasteiger partial charge in [0.05, 0.1) is 5.97 Å². The maximum Gasteiger partial charge on any atom is 1.00 e. The van der Waals surface area contributed by atoms with Gasteiger partial charge in [-0.05, 0) is 36.1 Å². The number of benzene rings is 1. The number of aliphatic carboxylic acids is 1. The molecule has 0 unspecified atom stereocenters. The second-order valence-corrected chi connectivity index (χ2v) is 3.83. The Morgan fingerprint density at radius 3 is 2.50 bits per heavy atom. The summed E-state index contributed by atoms with van der Waals surface area (Å²) in [6.45, 7) is 5.82. The molecular formula is C12H15LiO3. The van der Waals surface area contributed by atoms with Gasteiger partial charge in [-0.1, -0.05) is 19.9 Å². The Hall–Kier alpha value is -0.913. The van der Waals surface area contributed by atoms with Crippen LogP contribution in [0.3, 0.4) is 0 Å². The predicted molar refractivity (Wildman–Crippen MR) is 55.8 cm³/mol. The van der Waals surface area contributed by atoms with Gasteiger partial charge in [0.2, 0.25) is 0 Å². The third-order valence-electron chi connectivity index (χ3n) is 2.22. The molecule has 0 spiro atoms. The molecule has 0 fully saturated rings. The van der Waals surface area contributed by atoms with Crippen LogP contribution in [-0.4, -0.2) is 12.6 Å². The molecule has 0 atom stereocenters. The zero-order valence-corrected chi connectivity index (χ0v) is 10.2. The Bertz CT molecular complexity index is 361. The maximum absolute atomic E-state index is 10.2. The number of rotatable bonds is 4. The fraction of sp³-hybridized carbons (Fsp3) is 0.417. The molecule has 0 N–H and O–H groups in total. The summed E-state index contributed by atoms with van der Waals surface area (Å²) in [5, 5.41) is 10.2. The Labute approximate surface area is 108 Å². The number of carboxylic acids is 1. The normalized spacial score (nSPS) is 9.75. The monoisotopic (exact) mass is 214 g/mol. The molecule has 0 bridgehead atoms. The summed E-state index contributed by atoms with van der Waals surface area (Å²) < 4.78 is 5.02. The molecule has 1 aromatic carbocycles. The fourth-order valence-electron chi connectivity index (χ4n) is 1.53. The van der Waals surface area contributed by atoms with E-state index in [2.05, 4.69) is 13.8 Å². The standard InChI is InChI=1S/C12H16O3.Li/c1-8(2)11-5-4-10(6-9(11)3)15-7-12(13)14;/h4-6,8H,7H2,1-3H3,(H,13,14);/q;+1/p-1. The number of carbonyl (C=O) groups is 1. The number of carboxylic acid groups (broad SMARTS) is 1. The molecule has 1 aromatic rings. The third kappa shape index (κ3) is 4.30. The number of carbonyl (C=O) groups excluding carboxylic acids is 1. The molecule has 4 heteroatoms. The van der Waals surface area contributed by atoms with Gasteiger partial charge in [-0.15, -0.1) is 0 Å². The van der Waals surface area contributed by atoms with Crippen LogP contribution in [0.1, 0.15) is 30.9 Å². The first-order valence-corrected chi connectivity index (χ1v) is 4.94. The first kappa shape index (κ1) is 15.1. The molecule has 0 saturated heterocycles. The first-order chi connectivity index (χ1) is 7.00. The number of aryl methyl sites for hydroxylation is 1.